The summed E-state index contributed by atoms with van der Waals surface area (Å²) in [6, 6.07) is 15.9. The van der Waals surface area contributed by atoms with E-state index in [2.05, 4.69) is 4.98 Å². The van der Waals surface area contributed by atoms with E-state index in [9.17, 15) is 9.18 Å². The van der Waals surface area contributed by atoms with E-state index in [-0.39, 0.29) is 42.6 Å². The molecule has 1 aromatic heterocycles. The van der Waals surface area contributed by atoms with Gasteiger partial charge in [-0.05, 0) is 37.5 Å². The molecule has 2 heterocycles. The van der Waals surface area contributed by atoms with Crippen LogP contribution in [-0.2, 0) is 0 Å². The number of benzene rings is 2. The summed E-state index contributed by atoms with van der Waals surface area (Å²) in [4.78, 5) is 19.9. The normalized spacial score (nSPS) is 16.1. The number of nitrogens with zero attached hydrogens (tertiary/aromatic N) is 2. The highest BCUT2D eigenvalue weighted by atomic mass is 35.5. The van der Waals surface area contributed by atoms with Gasteiger partial charge in [-0.15, -0.1) is 24.8 Å². The number of hydrogen-bond donors (Lipinski definition) is 1. The van der Waals surface area contributed by atoms with Gasteiger partial charge in [0.25, 0.3) is 5.91 Å². The number of aromatic nitrogens is 1. The topological polar surface area (TPSA) is 59.2 Å². The quantitative estimate of drug-likeness (QED) is 0.640. The molecule has 1 unspecified atom stereocenters. The number of hydrogen-bond acceptors (Lipinski definition) is 3. The van der Waals surface area contributed by atoms with Crippen molar-refractivity contribution in [3.05, 3.63) is 66.0 Å². The summed E-state index contributed by atoms with van der Waals surface area (Å²) in [6.07, 6.45) is 2.99. The molecule has 7 heteroatoms. The smallest absolute Gasteiger partial charge is 0.254 e. The Morgan fingerprint density at radius 1 is 1.10 bits per heavy atom. The van der Waals surface area contributed by atoms with Crippen molar-refractivity contribution >= 4 is 41.6 Å². The monoisotopic (exact) mass is 435 g/mol. The zero-order valence-corrected chi connectivity index (χ0v) is 17.5. The number of amides is 1. The lowest BCUT2D eigenvalue weighted by atomic mass is 9.98. The van der Waals surface area contributed by atoms with Crippen molar-refractivity contribution in [3.63, 3.8) is 0 Å². The lowest BCUT2D eigenvalue weighted by molar-refractivity contribution is 0.0625. The number of nitrogens with two attached hydrogens (primary N) is 1. The highest BCUT2D eigenvalue weighted by Crippen LogP contribution is 2.28. The van der Waals surface area contributed by atoms with Gasteiger partial charge in [0.05, 0.1) is 16.8 Å². The van der Waals surface area contributed by atoms with E-state index in [1.54, 1.807) is 6.07 Å². The number of likely N-dealkylation sites (tertiary alicyclic amines) is 1. The van der Waals surface area contributed by atoms with Crippen LogP contribution in [0, 0.1) is 5.82 Å². The Bertz CT molecular complexity index is 984. The number of halogens is 3. The summed E-state index contributed by atoms with van der Waals surface area (Å²) in [5.74, 6) is -0.419. The molecule has 1 aliphatic heterocycles. The summed E-state index contributed by atoms with van der Waals surface area (Å²) >= 11 is 0. The van der Waals surface area contributed by atoms with Gasteiger partial charge in [0.15, 0.2) is 0 Å². The van der Waals surface area contributed by atoms with Gasteiger partial charge in [-0.2, -0.15) is 0 Å². The Morgan fingerprint density at radius 2 is 1.86 bits per heavy atom. The standard InChI is InChI=1S/C22H22FN3O.2ClH/c23-16-9-10-18-19(22(27)26-11-5-4-8-17(26)14-24)13-20(25-21(18)12-16)15-6-2-1-3-7-15;;/h1-3,6-7,9-10,12-13,17H,4-5,8,11,14,24H2;2*1H. The summed E-state index contributed by atoms with van der Waals surface area (Å²) in [5.41, 5.74) is 8.51. The molecule has 2 aromatic carbocycles. The predicted octanol–water partition coefficient (Wildman–Crippen LogP) is 4.84. The van der Waals surface area contributed by atoms with Crippen LogP contribution in [0.3, 0.4) is 0 Å². The molecule has 1 aliphatic rings. The van der Waals surface area contributed by atoms with Crippen LogP contribution in [0.4, 0.5) is 4.39 Å². The zero-order valence-electron chi connectivity index (χ0n) is 15.9. The van der Waals surface area contributed by atoms with Gasteiger partial charge in [-0.25, -0.2) is 9.37 Å². The van der Waals surface area contributed by atoms with Gasteiger partial charge in [-0.1, -0.05) is 30.3 Å². The Kier molecular flexibility index (Phi) is 7.96. The minimum absolute atomic E-state index is 0. The molecule has 4 nitrogen and oxygen atoms in total. The van der Waals surface area contributed by atoms with E-state index >= 15 is 0 Å². The fourth-order valence-corrected chi connectivity index (χ4v) is 3.80. The van der Waals surface area contributed by atoms with Crippen LogP contribution in [0.15, 0.2) is 54.6 Å². The molecule has 1 fully saturated rings. The summed E-state index contributed by atoms with van der Waals surface area (Å²) < 4.78 is 13.8. The molecular formula is C22H24Cl2FN3O. The summed E-state index contributed by atoms with van der Waals surface area (Å²) in [6.45, 7) is 1.15. The lowest BCUT2D eigenvalue weighted by Crippen LogP contribution is -2.47. The van der Waals surface area contributed by atoms with Gasteiger partial charge in [-0.3, -0.25) is 4.79 Å². The first-order chi connectivity index (χ1) is 13.2. The molecule has 3 aromatic rings. The van der Waals surface area contributed by atoms with E-state index in [0.29, 0.717) is 35.2 Å². The Morgan fingerprint density at radius 3 is 2.59 bits per heavy atom. The molecule has 29 heavy (non-hydrogen) atoms. The molecule has 154 valence electrons. The van der Waals surface area contributed by atoms with Crippen LogP contribution in [0.2, 0.25) is 0 Å². The van der Waals surface area contributed by atoms with E-state index in [1.807, 2.05) is 41.3 Å². The third-order valence-electron chi connectivity index (χ3n) is 5.23. The first kappa shape index (κ1) is 23.1. The van der Waals surface area contributed by atoms with Crippen LogP contribution < -0.4 is 5.73 Å². The number of fused-ring (bicyclic) bond motifs is 1. The fourth-order valence-electron chi connectivity index (χ4n) is 3.80. The SMILES string of the molecule is Cl.Cl.NCC1CCCCN1C(=O)c1cc(-c2ccccc2)nc2cc(F)ccc12. The average Bonchev–Trinajstić information content (AvgIpc) is 2.72. The van der Waals surface area contributed by atoms with Crippen LogP contribution in [0.5, 0.6) is 0 Å². The number of rotatable bonds is 3. The maximum absolute atomic E-state index is 13.8. The van der Waals surface area contributed by atoms with Gasteiger partial charge in [0, 0.05) is 36.1 Å². The van der Waals surface area contributed by atoms with Crippen LogP contribution in [0.1, 0.15) is 29.6 Å². The van der Waals surface area contributed by atoms with Crippen LogP contribution in [-0.4, -0.2) is 34.9 Å². The average molecular weight is 436 g/mol. The van der Waals surface area contributed by atoms with E-state index < -0.39 is 0 Å². The van der Waals surface area contributed by atoms with Gasteiger partial charge >= 0.3 is 0 Å². The molecule has 2 N–H and O–H groups in total. The molecule has 0 aliphatic carbocycles. The number of pyridine rings is 1. The lowest BCUT2D eigenvalue weighted by Gasteiger charge is -2.35. The molecule has 0 spiro atoms. The largest absolute Gasteiger partial charge is 0.334 e. The summed E-state index contributed by atoms with van der Waals surface area (Å²) in [5, 5.41) is 0.669. The fraction of sp³-hybridized carbons (Fsp3) is 0.273. The second-order valence-corrected chi connectivity index (χ2v) is 6.97. The Hall–Kier alpha value is -2.21. The molecule has 0 bridgehead atoms. The van der Waals surface area contributed by atoms with Gasteiger partial charge in [0.2, 0.25) is 0 Å². The van der Waals surface area contributed by atoms with Crippen molar-refractivity contribution in [1.29, 1.82) is 0 Å². The van der Waals surface area contributed by atoms with Crippen molar-refractivity contribution in [3.8, 4) is 11.3 Å². The van der Waals surface area contributed by atoms with E-state index in [1.165, 1.54) is 12.1 Å². The minimum Gasteiger partial charge on any atom is -0.334 e. The third-order valence-corrected chi connectivity index (χ3v) is 5.23. The van der Waals surface area contributed by atoms with E-state index in [0.717, 1.165) is 24.8 Å². The number of piperidine rings is 1. The molecular weight excluding hydrogens is 412 g/mol. The van der Waals surface area contributed by atoms with Crippen LogP contribution in [0.25, 0.3) is 22.2 Å². The highest BCUT2D eigenvalue weighted by Gasteiger charge is 2.28. The maximum Gasteiger partial charge on any atom is 0.254 e. The molecule has 0 saturated carbocycles. The predicted molar refractivity (Wildman–Crippen MR) is 119 cm³/mol. The molecule has 1 amide bonds. The zero-order chi connectivity index (χ0) is 18.8. The minimum atomic E-state index is -0.364. The van der Waals surface area contributed by atoms with Gasteiger partial charge in [0.1, 0.15) is 5.82 Å². The second kappa shape index (κ2) is 10.0. The van der Waals surface area contributed by atoms with Crippen molar-refractivity contribution < 1.29 is 9.18 Å². The Balaban J connectivity index is 0.00000150. The molecule has 1 atom stereocenters. The Labute approximate surface area is 182 Å². The first-order valence-electron chi connectivity index (χ1n) is 9.34. The van der Waals surface area contributed by atoms with Crippen molar-refractivity contribution in [2.24, 2.45) is 5.73 Å². The van der Waals surface area contributed by atoms with Crippen LogP contribution >= 0.6 is 24.8 Å². The second-order valence-electron chi connectivity index (χ2n) is 6.97. The summed E-state index contributed by atoms with van der Waals surface area (Å²) in [7, 11) is 0. The molecule has 0 radical (unpaired) electrons. The van der Waals surface area contributed by atoms with E-state index in [4.69, 9.17) is 5.73 Å². The van der Waals surface area contributed by atoms with Crippen molar-refractivity contribution in [2.45, 2.75) is 25.3 Å². The first-order valence-corrected chi connectivity index (χ1v) is 9.34. The van der Waals surface area contributed by atoms with Crippen molar-refractivity contribution in [2.75, 3.05) is 13.1 Å². The third kappa shape index (κ3) is 4.69. The number of carbonyl (C=O) groups is 1. The molecule has 4 rings (SSSR count). The number of carbonyl (C=O) groups excluding carboxylic acids is 1. The highest BCUT2D eigenvalue weighted by molar-refractivity contribution is 6.07. The molecule has 1 saturated heterocycles. The van der Waals surface area contributed by atoms with Gasteiger partial charge < -0.3 is 10.6 Å². The maximum atomic E-state index is 13.8. The van der Waals surface area contributed by atoms with Crippen molar-refractivity contribution in [1.82, 2.24) is 9.88 Å².